The second-order valence-electron chi connectivity index (χ2n) is 4.76. The maximum absolute atomic E-state index is 5.56. The Morgan fingerprint density at radius 3 is 3.06 bits per heavy atom. The third-order valence-electron chi connectivity index (χ3n) is 3.44. The van der Waals surface area contributed by atoms with Gasteiger partial charge in [-0.3, -0.25) is 4.90 Å². The van der Waals surface area contributed by atoms with Crippen LogP contribution in [0.1, 0.15) is 23.9 Å². The molecule has 1 aromatic heterocycles. The Kier molecular flexibility index (Phi) is 3.40. The molecule has 2 saturated heterocycles. The summed E-state index contributed by atoms with van der Waals surface area (Å²) in [6, 6.07) is 0. The lowest BCUT2D eigenvalue weighted by Gasteiger charge is -2.26. The first kappa shape index (κ1) is 11.2. The Bertz CT molecular complexity index is 354. The summed E-state index contributed by atoms with van der Waals surface area (Å²) in [7, 11) is 0. The van der Waals surface area contributed by atoms with Gasteiger partial charge in [-0.1, -0.05) is 0 Å². The zero-order valence-corrected chi connectivity index (χ0v) is 10.0. The van der Waals surface area contributed by atoms with Gasteiger partial charge in [-0.2, -0.15) is 0 Å². The third kappa shape index (κ3) is 2.68. The van der Waals surface area contributed by atoms with Crippen molar-refractivity contribution in [3.8, 4) is 0 Å². The highest BCUT2D eigenvalue weighted by molar-refractivity contribution is 5.02. The molecule has 0 saturated carbocycles. The van der Waals surface area contributed by atoms with Crippen molar-refractivity contribution >= 4 is 0 Å². The Hall–Kier alpha value is -0.910. The average molecular weight is 237 g/mol. The second kappa shape index (κ2) is 5.16. The van der Waals surface area contributed by atoms with Crippen LogP contribution in [0, 0.1) is 0 Å². The van der Waals surface area contributed by atoms with Crippen molar-refractivity contribution in [2.75, 3.05) is 39.4 Å². The van der Waals surface area contributed by atoms with Crippen molar-refractivity contribution in [2.24, 2.45) is 0 Å². The molecule has 0 bridgehead atoms. The van der Waals surface area contributed by atoms with Crippen LogP contribution in [0.4, 0.5) is 0 Å². The second-order valence-corrected chi connectivity index (χ2v) is 4.76. The molecule has 0 aliphatic carbocycles. The lowest BCUT2D eigenvalue weighted by Crippen LogP contribution is -2.42. The molecule has 3 rings (SSSR count). The van der Waals surface area contributed by atoms with Crippen molar-refractivity contribution in [1.82, 2.24) is 15.2 Å². The molecule has 3 heterocycles. The molecule has 1 atom stereocenters. The molecular formula is C12H19N3O2. The Morgan fingerprint density at radius 1 is 1.41 bits per heavy atom. The average Bonchev–Trinajstić information content (AvgIpc) is 3.00. The zero-order chi connectivity index (χ0) is 11.5. The van der Waals surface area contributed by atoms with E-state index in [0.717, 1.165) is 63.9 Å². The number of nitrogens with zero attached hydrogens (tertiary/aromatic N) is 2. The molecule has 0 amide bonds. The number of nitrogens with one attached hydrogen (secondary N) is 1. The maximum Gasteiger partial charge on any atom is 0.199 e. The molecule has 1 N–H and O–H groups in total. The Balaban J connectivity index is 1.59. The van der Waals surface area contributed by atoms with Crippen LogP contribution in [-0.4, -0.2) is 49.3 Å². The fraction of sp³-hybridized carbons (Fsp3) is 0.750. The largest absolute Gasteiger partial charge is 0.448 e. The van der Waals surface area contributed by atoms with Gasteiger partial charge in [-0.05, 0) is 6.42 Å². The van der Waals surface area contributed by atoms with Crippen molar-refractivity contribution in [2.45, 2.75) is 18.9 Å². The van der Waals surface area contributed by atoms with Crippen molar-refractivity contribution in [3.63, 3.8) is 0 Å². The highest BCUT2D eigenvalue weighted by Gasteiger charge is 2.23. The summed E-state index contributed by atoms with van der Waals surface area (Å²) in [4.78, 5) is 6.98. The lowest BCUT2D eigenvalue weighted by atomic mass is 10.1. The van der Waals surface area contributed by atoms with Crippen LogP contribution in [0.15, 0.2) is 10.7 Å². The number of piperazine rings is 1. The third-order valence-corrected chi connectivity index (χ3v) is 3.44. The minimum absolute atomic E-state index is 0.367. The van der Waals surface area contributed by atoms with Gasteiger partial charge in [0.05, 0.1) is 18.2 Å². The van der Waals surface area contributed by atoms with E-state index in [1.807, 2.05) is 0 Å². The number of oxazole rings is 1. The summed E-state index contributed by atoms with van der Waals surface area (Å²) in [5.74, 6) is 1.22. The van der Waals surface area contributed by atoms with Crippen molar-refractivity contribution in [3.05, 3.63) is 17.8 Å². The van der Waals surface area contributed by atoms with Crippen molar-refractivity contribution in [1.29, 1.82) is 0 Å². The molecule has 1 unspecified atom stereocenters. The van der Waals surface area contributed by atoms with Gasteiger partial charge in [0, 0.05) is 39.3 Å². The minimum atomic E-state index is 0.367. The predicted molar refractivity (Wildman–Crippen MR) is 62.8 cm³/mol. The lowest BCUT2D eigenvalue weighted by molar-refractivity contribution is 0.190. The molecule has 0 radical (unpaired) electrons. The van der Waals surface area contributed by atoms with Crippen LogP contribution < -0.4 is 5.32 Å². The Labute approximate surface area is 101 Å². The fourth-order valence-corrected chi connectivity index (χ4v) is 2.41. The van der Waals surface area contributed by atoms with Gasteiger partial charge in [0.1, 0.15) is 6.26 Å². The van der Waals surface area contributed by atoms with E-state index in [9.17, 15) is 0 Å². The van der Waals surface area contributed by atoms with E-state index in [0.29, 0.717) is 5.92 Å². The molecule has 2 aliphatic heterocycles. The van der Waals surface area contributed by atoms with E-state index in [-0.39, 0.29) is 0 Å². The van der Waals surface area contributed by atoms with Crippen LogP contribution >= 0.6 is 0 Å². The van der Waals surface area contributed by atoms with Gasteiger partial charge in [-0.15, -0.1) is 0 Å². The predicted octanol–water partition coefficient (Wildman–Crippen LogP) is 0.584. The van der Waals surface area contributed by atoms with E-state index in [1.54, 1.807) is 6.26 Å². The monoisotopic (exact) mass is 237 g/mol. The molecule has 94 valence electrons. The minimum Gasteiger partial charge on any atom is -0.448 e. The van der Waals surface area contributed by atoms with Gasteiger partial charge in [0.15, 0.2) is 5.89 Å². The van der Waals surface area contributed by atoms with Crippen LogP contribution in [0.5, 0.6) is 0 Å². The van der Waals surface area contributed by atoms with E-state index < -0.39 is 0 Å². The van der Waals surface area contributed by atoms with E-state index in [4.69, 9.17) is 9.15 Å². The fourth-order valence-electron chi connectivity index (χ4n) is 2.41. The molecule has 5 nitrogen and oxygen atoms in total. The first-order valence-corrected chi connectivity index (χ1v) is 6.37. The van der Waals surface area contributed by atoms with Gasteiger partial charge in [0.25, 0.3) is 0 Å². The molecule has 2 aliphatic rings. The van der Waals surface area contributed by atoms with Gasteiger partial charge in [-0.25, -0.2) is 4.98 Å². The summed E-state index contributed by atoms with van der Waals surface area (Å²) in [5, 5.41) is 3.35. The SMILES string of the molecule is c1oc(C2CCOC2)nc1CN1CCNCC1. The molecule has 0 spiro atoms. The number of aromatic nitrogens is 1. The standard InChI is InChI=1S/C12H19N3O2/c1-6-16-8-10(1)12-14-11(9-17-12)7-15-4-2-13-3-5-15/h9-10,13H,1-8H2. The van der Waals surface area contributed by atoms with Gasteiger partial charge < -0.3 is 14.5 Å². The van der Waals surface area contributed by atoms with Crippen LogP contribution in [-0.2, 0) is 11.3 Å². The van der Waals surface area contributed by atoms with E-state index in [2.05, 4.69) is 15.2 Å². The number of ether oxygens (including phenoxy) is 1. The summed E-state index contributed by atoms with van der Waals surface area (Å²) in [5.41, 5.74) is 1.05. The molecule has 1 aromatic rings. The molecule has 0 aromatic carbocycles. The summed E-state index contributed by atoms with van der Waals surface area (Å²) >= 11 is 0. The first-order valence-electron chi connectivity index (χ1n) is 6.37. The van der Waals surface area contributed by atoms with Gasteiger partial charge >= 0.3 is 0 Å². The molecular weight excluding hydrogens is 218 g/mol. The summed E-state index contributed by atoms with van der Waals surface area (Å²) in [6.45, 7) is 6.82. The highest BCUT2D eigenvalue weighted by Crippen LogP contribution is 2.24. The van der Waals surface area contributed by atoms with E-state index in [1.165, 1.54) is 0 Å². The maximum atomic E-state index is 5.56. The summed E-state index contributed by atoms with van der Waals surface area (Å²) < 4.78 is 10.9. The number of hydrogen-bond acceptors (Lipinski definition) is 5. The number of rotatable bonds is 3. The zero-order valence-electron chi connectivity index (χ0n) is 10.0. The topological polar surface area (TPSA) is 50.5 Å². The number of hydrogen-bond donors (Lipinski definition) is 1. The normalized spacial score (nSPS) is 26.5. The smallest absolute Gasteiger partial charge is 0.199 e. The molecule has 2 fully saturated rings. The van der Waals surface area contributed by atoms with E-state index >= 15 is 0 Å². The van der Waals surface area contributed by atoms with Crippen LogP contribution in [0.2, 0.25) is 0 Å². The Morgan fingerprint density at radius 2 is 2.29 bits per heavy atom. The van der Waals surface area contributed by atoms with Gasteiger partial charge in [0.2, 0.25) is 0 Å². The quantitative estimate of drug-likeness (QED) is 0.833. The molecule has 17 heavy (non-hydrogen) atoms. The van der Waals surface area contributed by atoms with Crippen molar-refractivity contribution < 1.29 is 9.15 Å². The first-order chi connectivity index (χ1) is 8.42. The summed E-state index contributed by atoms with van der Waals surface area (Å²) in [6.07, 6.45) is 2.84. The van der Waals surface area contributed by atoms with Crippen LogP contribution in [0.25, 0.3) is 0 Å². The van der Waals surface area contributed by atoms with Crippen LogP contribution in [0.3, 0.4) is 0 Å². The molecule has 5 heteroatoms. The highest BCUT2D eigenvalue weighted by atomic mass is 16.5.